The van der Waals surface area contributed by atoms with E-state index in [2.05, 4.69) is 16.0 Å². The third kappa shape index (κ3) is 5.49. The highest BCUT2D eigenvalue weighted by atomic mass is 35.5. The zero-order valence-electron chi connectivity index (χ0n) is 13.3. The van der Waals surface area contributed by atoms with Gasteiger partial charge in [0.25, 0.3) is 11.8 Å². The molecule has 0 bridgehead atoms. The van der Waals surface area contributed by atoms with Crippen molar-refractivity contribution in [3.63, 3.8) is 0 Å². The number of benzene rings is 1. The van der Waals surface area contributed by atoms with Crippen molar-refractivity contribution < 1.29 is 9.59 Å². The van der Waals surface area contributed by atoms with E-state index in [4.69, 9.17) is 11.6 Å². The summed E-state index contributed by atoms with van der Waals surface area (Å²) in [6.07, 6.45) is 0. The second-order valence-electron chi connectivity index (χ2n) is 5.03. The lowest BCUT2D eigenvalue weighted by Gasteiger charge is -2.12. The molecule has 1 heterocycles. The first-order valence-electron chi connectivity index (χ1n) is 7.11. The molecule has 0 fully saturated rings. The maximum absolute atomic E-state index is 12.2. The molecule has 1 unspecified atom stereocenters. The number of rotatable bonds is 6. The first-order valence-corrected chi connectivity index (χ1v) is 8.37. The van der Waals surface area contributed by atoms with Gasteiger partial charge in [0.1, 0.15) is 0 Å². The predicted molar refractivity (Wildman–Crippen MR) is 102 cm³/mol. The van der Waals surface area contributed by atoms with Gasteiger partial charge in [-0.3, -0.25) is 9.59 Å². The minimum absolute atomic E-state index is 0. The van der Waals surface area contributed by atoms with Gasteiger partial charge >= 0.3 is 0 Å². The van der Waals surface area contributed by atoms with Crippen molar-refractivity contribution >= 4 is 52.8 Å². The number of likely N-dealkylation sites (N-methyl/N-ethyl adjacent to an activating group) is 1. The van der Waals surface area contributed by atoms with E-state index < -0.39 is 0 Å². The van der Waals surface area contributed by atoms with Crippen LogP contribution in [0.5, 0.6) is 0 Å². The fraction of sp³-hybridized carbons (Fsp3) is 0.250. The maximum Gasteiger partial charge on any atom is 0.265 e. The summed E-state index contributed by atoms with van der Waals surface area (Å²) in [6.45, 7) is 2.48. The van der Waals surface area contributed by atoms with Crippen LogP contribution in [0.15, 0.2) is 35.7 Å². The van der Waals surface area contributed by atoms with Gasteiger partial charge in [0, 0.05) is 18.2 Å². The lowest BCUT2D eigenvalue weighted by atomic mass is 10.1. The number of carbonyl (C=O) groups is 2. The van der Waals surface area contributed by atoms with Gasteiger partial charge < -0.3 is 16.0 Å². The molecule has 1 aromatic carbocycles. The van der Waals surface area contributed by atoms with Crippen LogP contribution >= 0.6 is 35.3 Å². The molecule has 2 aromatic rings. The molecule has 0 saturated heterocycles. The van der Waals surface area contributed by atoms with Crippen molar-refractivity contribution in [2.45, 2.75) is 13.0 Å². The molecule has 1 aromatic heterocycles. The maximum atomic E-state index is 12.2. The summed E-state index contributed by atoms with van der Waals surface area (Å²) in [5, 5.41) is 10.8. The van der Waals surface area contributed by atoms with Crippen molar-refractivity contribution in [2.24, 2.45) is 0 Å². The topological polar surface area (TPSA) is 70.2 Å². The Bertz CT molecular complexity index is 693. The number of thiophene rings is 1. The molecule has 0 spiro atoms. The SMILES string of the molecule is CNC(C)CNC(=O)c1ccc(Cl)c(NC(=O)c2cccs2)c1.Cl. The molecule has 0 aliphatic rings. The summed E-state index contributed by atoms with van der Waals surface area (Å²) in [4.78, 5) is 24.8. The molecule has 5 nitrogen and oxygen atoms in total. The van der Waals surface area contributed by atoms with Gasteiger partial charge in [-0.15, -0.1) is 23.7 Å². The number of carbonyl (C=O) groups excluding carboxylic acids is 2. The monoisotopic (exact) mass is 387 g/mol. The van der Waals surface area contributed by atoms with Crippen molar-refractivity contribution in [3.8, 4) is 0 Å². The van der Waals surface area contributed by atoms with E-state index in [1.807, 2.05) is 19.4 Å². The molecule has 2 rings (SSSR count). The van der Waals surface area contributed by atoms with Gasteiger partial charge in [0.15, 0.2) is 0 Å². The molecule has 0 aliphatic carbocycles. The Morgan fingerprint density at radius 2 is 2.00 bits per heavy atom. The average Bonchev–Trinajstić information content (AvgIpc) is 3.08. The van der Waals surface area contributed by atoms with Gasteiger partial charge in [0.05, 0.1) is 15.6 Å². The van der Waals surface area contributed by atoms with Crippen LogP contribution in [-0.2, 0) is 0 Å². The van der Waals surface area contributed by atoms with E-state index in [9.17, 15) is 9.59 Å². The van der Waals surface area contributed by atoms with E-state index >= 15 is 0 Å². The average molecular weight is 388 g/mol. The first-order chi connectivity index (χ1) is 11.0. The number of nitrogens with one attached hydrogen (secondary N) is 3. The Morgan fingerprint density at radius 3 is 2.62 bits per heavy atom. The van der Waals surface area contributed by atoms with Crippen molar-refractivity contribution in [1.82, 2.24) is 10.6 Å². The molecule has 24 heavy (non-hydrogen) atoms. The molecule has 1 atom stereocenters. The smallest absolute Gasteiger partial charge is 0.265 e. The fourth-order valence-corrected chi connectivity index (χ4v) is 2.59. The van der Waals surface area contributed by atoms with E-state index in [-0.39, 0.29) is 30.3 Å². The summed E-state index contributed by atoms with van der Waals surface area (Å²) in [6, 6.07) is 8.50. The van der Waals surface area contributed by atoms with Gasteiger partial charge in [-0.1, -0.05) is 17.7 Å². The highest BCUT2D eigenvalue weighted by Crippen LogP contribution is 2.24. The van der Waals surface area contributed by atoms with Crippen LogP contribution in [0, 0.1) is 0 Å². The zero-order valence-corrected chi connectivity index (χ0v) is 15.6. The summed E-state index contributed by atoms with van der Waals surface area (Å²) in [7, 11) is 1.83. The Morgan fingerprint density at radius 1 is 1.25 bits per heavy atom. The Labute approximate surface area is 156 Å². The minimum Gasteiger partial charge on any atom is -0.350 e. The fourth-order valence-electron chi connectivity index (χ4n) is 1.80. The zero-order chi connectivity index (χ0) is 16.8. The molecule has 3 N–H and O–H groups in total. The standard InChI is InChI=1S/C16H18ClN3O2S.ClH/c1-10(18-2)9-19-15(21)11-5-6-12(17)13(8-11)20-16(22)14-4-3-7-23-14;/h3-8,10,18H,9H2,1-2H3,(H,19,21)(H,20,22);1H. The lowest BCUT2D eigenvalue weighted by Crippen LogP contribution is -2.37. The number of anilines is 1. The van der Waals surface area contributed by atoms with Gasteiger partial charge in [-0.2, -0.15) is 0 Å². The highest BCUT2D eigenvalue weighted by Gasteiger charge is 2.13. The van der Waals surface area contributed by atoms with Gasteiger partial charge in [-0.05, 0) is 43.6 Å². The Balaban J connectivity index is 0.00000288. The van der Waals surface area contributed by atoms with Gasteiger partial charge in [0.2, 0.25) is 0 Å². The van der Waals surface area contributed by atoms with Crippen LogP contribution in [0.25, 0.3) is 0 Å². The second-order valence-corrected chi connectivity index (χ2v) is 6.38. The summed E-state index contributed by atoms with van der Waals surface area (Å²) in [5.41, 5.74) is 0.860. The molecular formula is C16H19Cl2N3O2S. The first kappa shape index (κ1) is 20.4. The van der Waals surface area contributed by atoms with Gasteiger partial charge in [-0.25, -0.2) is 0 Å². The van der Waals surface area contributed by atoms with E-state index in [1.54, 1.807) is 30.3 Å². The van der Waals surface area contributed by atoms with Crippen LogP contribution in [0.2, 0.25) is 5.02 Å². The lowest BCUT2D eigenvalue weighted by molar-refractivity contribution is 0.0949. The number of hydrogen-bond acceptors (Lipinski definition) is 4. The number of halogens is 2. The number of amides is 2. The summed E-state index contributed by atoms with van der Waals surface area (Å²) < 4.78 is 0. The normalized spacial score (nSPS) is 11.3. The molecule has 130 valence electrons. The highest BCUT2D eigenvalue weighted by molar-refractivity contribution is 7.12. The molecule has 2 amide bonds. The summed E-state index contributed by atoms with van der Waals surface area (Å²) in [5.74, 6) is -0.460. The van der Waals surface area contributed by atoms with Crippen molar-refractivity contribution in [2.75, 3.05) is 18.9 Å². The number of hydrogen-bond donors (Lipinski definition) is 3. The Kier molecular flexibility index (Phi) is 8.21. The molecule has 0 aliphatic heterocycles. The third-order valence-corrected chi connectivity index (χ3v) is 4.48. The van der Waals surface area contributed by atoms with Crippen LogP contribution < -0.4 is 16.0 Å². The van der Waals surface area contributed by atoms with Crippen LogP contribution in [0.3, 0.4) is 0 Å². The Hall–Kier alpha value is -1.60. The van der Waals surface area contributed by atoms with Crippen LogP contribution in [0.4, 0.5) is 5.69 Å². The molecular weight excluding hydrogens is 369 g/mol. The van der Waals surface area contributed by atoms with E-state index in [1.165, 1.54) is 11.3 Å². The molecule has 0 saturated carbocycles. The third-order valence-electron chi connectivity index (χ3n) is 3.28. The summed E-state index contributed by atoms with van der Waals surface area (Å²) >= 11 is 7.44. The minimum atomic E-state index is -0.247. The van der Waals surface area contributed by atoms with Crippen LogP contribution in [0.1, 0.15) is 27.0 Å². The van der Waals surface area contributed by atoms with E-state index in [0.29, 0.717) is 27.7 Å². The van der Waals surface area contributed by atoms with Crippen LogP contribution in [-0.4, -0.2) is 31.4 Å². The molecule has 0 radical (unpaired) electrons. The van der Waals surface area contributed by atoms with Crippen molar-refractivity contribution in [3.05, 3.63) is 51.2 Å². The second kappa shape index (κ2) is 9.64. The quantitative estimate of drug-likeness (QED) is 0.710. The largest absolute Gasteiger partial charge is 0.350 e. The van der Waals surface area contributed by atoms with E-state index in [0.717, 1.165) is 0 Å². The molecule has 8 heteroatoms. The van der Waals surface area contributed by atoms with Crippen molar-refractivity contribution in [1.29, 1.82) is 0 Å². The predicted octanol–water partition coefficient (Wildman–Crippen LogP) is 3.41.